The van der Waals surface area contributed by atoms with Crippen LogP contribution in [0.5, 0.6) is 0 Å². The van der Waals surface area contributed by atoms with Gasteiger partial charge in [0.05, 0.1) is 11.2 Å². The van der Waals surface area contributed by atoms with Crippen molar-refractivity contribution >= 4 is 21.7 Å². The van der Waals surface area contributed by atoms with Gasteiger partial charge < -0.3 is 9.80 Å². The van der Waals surface area contributed by atoms with Gasteiger partial charge in [0.15, 0.2) is 0 Å². The number of carbonyl (C=O) groups is 2. The lowest BCUT2D eigenvalue weighted by molar-refractivity contribution is -0.137. The fourth-order valence-corrected chi connectivity index (χ4v) is 4.02. The topological polar surface area (TPSA) is 74.8 Å². The van der Waals surface area contributed by atoms with Crippen LogP contribution in [0, 0.1) is 11.3 Å². The molecule has 0 radical (unpaired) electrons. The molecule has 2 heterocycles. The van der Waals surface area contributed by atoms with E-state index in [-0.39, 0.29) is 29.9 Å². The van der Waals surface area contributed by atoms with Crippen molar-refractivity contribution in [2.75, 3.05) is 38.2 Å². The van der Waals surface area contributed by atoms with Crippen molar-refractivity contribution in [3.63, 3.8) is 0 Å². The summed E-state index contributed by atoms with van der Waals surface area (Å²) in [6.45, 7) is 7.83. The maximum absolute atomic E-state index is 12.7. The zero-order chi connectivity index (χ0) is 16.5. The van der Waals surface area contributed by atoms with Crippen LogP contribution >= 0.6 is 0 Å². The molecule has 0 N–H and O–H groups in total. The second-order valence-corrected chi connectivity index (χ2v) is 8.76. The van der Waals surface area contributed by atoms with Crippen LogP contribution in [0.1, 0.15) is 19.8 Å². The molecule has 2 aliphatic rings. The van der Waals surface area contributed by atoms with E-state index in [0.29, 0.717) is 26.2 Å². The molecule has 22 heavy (non-hydrogen) atoms. The Bertz CT molecular complexity index is 586. The van der Waals surface area contributed by atoms with Crippen LogP contribution in [-0.4, -0.2) is 68.2 Å². The van der Waals surface area contributed by atoms with Gasteiger partial charge in [-0.3, -0.25) is 9.59 Å². The summed E-state index contributed by atoms with van der Waals surface area (Å²) in [5, 5.41) is 0. The number of rotatable bonds is 5. The van der Waals surface area contributed by atoms with Crippen LogP contribution < -0.4 is 0 Å². The minimum absolute atomic E-state index is 0.00774. The van der Waals surface area contributed by atoms with Crippen LogP contribution in [0.2, 0.25) is 0 Å². The van der Waals surface area contributed by atoms with Crippen molar-refractivity contribution in [2.45, 2.75) is 19.8 Å². The molecule has 0 aromatic carbocycles. The van der Waals surface area contributed by atoms with E-state index in [1.54, 1.807) is 15.9 Å². The molecule has 2 saturated heterocycles. The summed E-state index contributed by atoms with van der Waals surface area (Å²) in [7, 11) is -3.15. The standard InChI is InChI=1S/C15H24N2O4S/c1-4-7-16-8-6-15(14(16)19)11-17(10-12(15)2)13(18)5-9-22(3,20)21/h4,12H,1,5-11H2,2-3H3/t12-,15-/m1/s1. The predicted octanol–water partition coefficient (Wildman–Crippen LogP) is 0.304. The monoisotopic (exact) mass is 328 g/mol. The lowest BCUT2D eigenvalue weighted by Gasteiger charge is -2.26. The van der Waals surface area contributed by atoms with E-state index in [9.17, 15) is 18.0 Å². The summed E-state index contributed by atoms with van der Waals surface area (Å²) >= 11 is 0. The summed E-state index contributed by atoms with van der Waals surface area (Å²) in [6.07, 6.45) is 3.58. The predicted molar refractivity (Wildman–Crippen MR) is 83.9 cm³/mol. The van der Waals surface area contributed by atoms with Crippen molar-refractivity contribution < 1.29 is 18.0 Å². The van der Waals surface area contributed by atoms with Gasteiger partial charge in [-0.15, -0.1) is 6.58 Å². The van der Waals surface area contributed by atoms with Crippen molar-refractivity contribution in [1.82, 2.24) is 9.80 Å². The zero-order valence-corrected chi connectivity index (χ0v) is 14.1. The Hall–Kier alpha value is -1.37. The summed E-state index contributed by atoms with van der Waals surface area (Å²) < 4.78 is 22.4. The van der Waals surface area contributed by atoms with Crippen molar-refractivity contribution in [3.8, 4) is 0 Å². The Balaban J connectivity index is 2.05. The third-order valence-electron chi connectivity index (χ3n) is 4.84. The number of amides is 2. The number of carbonyl (C=O) groups excluding carboxylic acids is 2. The molecule has 2 rings (SSSR count). The van der Waals surface area contributed by atoms with Crippen LogP contribution in [-0.2, 0) is 19.4 Å². The molecule has 2 amide bonds. The van der Waals surface area contributed by atoms with Crippen molar-refractivity contribution in [1.29, 1.82) is 0 Å². The Kier molecular flexibility index (Phi) is 4.65. The molecule has 2 atom stereocenters. The molecule has 0 aromatic heterocycles. The lowest BCUT2D eigenvalue weighted by atomic mass is 9.78. The minimum Gasteiger partial charge on any atom is -0.341 e. The molecule has 1 spiro atoms. The van der Waals surface area contributed by atoms with Gasteiger partial charge in [0, 0.05) is 38.9 Å². The molecule has 124 valence electrons. The minimum atomic E-state index is -3.15. The van der Waals surface area contributed by atoms with Gasteiger partial charge >= 0.3 is 0 Å². The summed E-state index contributed by atoms with van der Waals surface area (Å²) in [5.74, 6) is -0.125. The highest BCUT2D eigenvalue weighted by Gasteiger charge is 2.55. The van der Waals surface area contributed by atoms with E-state index in [0.717, 1.165) is 12.7 Å². The molecule has 0 saturated carbocycles. The van der Waals surface area contributed by atoms with Crippen molar-refractivity contribution in [3.05, 3.63) is 12.7 Å². The van der Waals surface area contributed by atoms with E-state index in [4.69, 9.17) is 0 Å². The van der Waals surface area contributed by atoms with Gasteiger partial charge in [-0.1, -0.05) is 13.0 Å². The Labute approximate surface area is 132 Å². The summed E-state index contributed by atoms with van der Waals surface area (Å²) in [4.78, 5) is 28.3. The molecule has 7 heteroatoms. The second-order valence-electron chi connectivity index (χ2n) is 6.50. The highest BCUT2D eigenvalue weighted by Crippen LogP contribution is 2.44. The summed E-state index contributed by atoms with van der Waals surface area (Å²) in [6, 6.07) is 0. The maximum Gasteiger partial charge on any atom is 0.231 e. The smallest absolute Gasteiger partial charge is 0.231 e. The van der Waals surface area contributed by atoms with Gasteiger partial charge in [-0.25, -0.2) is 8.42 Å². The molecule has 0 bridgehead atoms. The second kappa shape index (κ2) is 6.02. The van der Waals surface area contributed by atoms with E-state index >= 15 is 0 Å². The number of sulfone groups is 1. The number of likely N-dealkylation sites (tertiary alicyclic amines) is 2. The lowest BCUT2D eigenvalue weighted by Crippen LogP contribution is -2.40. The molecule has 6 nitrogen and oxygen atoms in total. The van der Waals surface area contributed by atoms with Crippen molar-refractivity contribution in [2.24, 2.45) is 11.3 Å². The number of hydrogen-bond donors (Lipinski definition) is 0. The first-order chi connectivity index (χ1) is 10.2. The number of hydrogen-bond acceptors (Lipinski definition) is 4. The molecule has 2 fully saturated rings. The molecular weight excluding hydrogens is 304 g/mol. The average Bonchev–Trinajstić information content (AvgIpc) is 2.92. The molecular formula is C15H24N2O4S. The van der Waals surface area contributed by atoms with Gasteiger partial charge in [-0.2, -0.15) is 0 Å². The maximum atomic E-state index is 12.7. The first kappa shape index (κ1) is 17.0. The van der Waals surface area contributed by atoms with Crippen LogP contribution in [0.15, 0.2) is 12.7 Å². The average molecular weight is 328 g/mol. The third-order valence-corrected chi connectivity index (χ3v) is 5.79. The highest BCUT2D eigenvalue weighted by atomic mass is 32.2. The van der Waals surface area contributed by atoms with Crippen LogP contribution in [0.25, 0.3) is 0 Å². The van der Waals surface area contributed by atoms with Gasteiger partial charge in [0.1, 0.15) is 9.84 Å². The Morgan fingerprint density at radius 2 is 2.18 bits per heavy atom. The van der Waals surface area contributed by atoms with E-state index < -0.39 is 15.3 Å². The highest BCUT2D eigenvalue weighted by molar-refractivity contribution is 7.90. The fraction of sp³-hybridized carbons (Fsp3) is 0.733. The first-order valence-corrected chi connectivity index (χ1v) is 9.61. The third kappa shape index (κ3) is 3.19. The fourth-order valence-electron chi connectivity index (χ4n) is 3.48. The number of nitrogens with zero attached hydrogens (tertiary/aromatic N) is 2. The van der Waals surface area contributed by atoms with Gasteiger partial charge in [0.25, 0.3) is 0 Å². The summed E-state index contributed by atoms with van der Waals surface area (Å²) in [5.41, 5.74) is -0.496. The first-order valence-electron chi connectivity index (χ1n) is 7.55. The Morgan fingerprint density at radius 3 is 2.77 bits per heavy atom. The van der Waals surface area contributed by atoms with Gasteiger partial charge in [0.2, 0.25) is 11.8 Å². The zero-order valence-electron chi connectivity index (χ0n) is 13.2. The van der Waals surface area contributed by atoms with Gasteiger partial charge in [-0.05, 0) is 12.3 Å². The molecule has 0 aliphatic carbocycles. The SMILES string of the molecule is C=CCN1CC[C@]2(CN(C(=O)CCS(C)(=O)=O)C[C@H]2C)C1=O. The molecule has 2 aliphatic heterocycles. The van der Waals surface area contributed by atoms with E-state index in [1.807, 2.05) is 6.92 Å². The van der Waals surface area contributed by atoms with Crippen LogP contribution in [0.3, 0.4) is 0 Å². The van der Waals surface area contributed by atoms with E-state index in [1.165, 1.54) is 0 Å². The largest absolute Gasteiger partial charge is 0.341 e. The molecule has 0 aromatic rings. The molecule has 0 unspecified atom stereocenters. The van der Waals surface area contributed by atoms with E-state index in [2.05, 4.69) is 6.58 Å². The Morgan fingerprint density at radius 1 is 1.50 bits per heavy atom. The quantitative estimate of drug-likeness (QED) is 0.681. The van der Waals surface area contributed by atoms with Crippen LogP contribution in [0.4, 0.5) is 0 Å². The normalized spacial score (nSPS) is 28.6.